The van der Waals surface area contributed by atoms with Crippen molar-refractivity contribution in [3.05, 3.63) is 164 Å². The summed E-state index contributed by atoms with van der Waals surface area (Å²) in [5, 5.41) is 4.84. The van der Waals surface area contributed by atoms with Crippen molar-refractivity contribution in [3.8, 4) is 22.3 Å². The molecule has 0 unspecified atom stereocenters. The van der Waals surface area contributed by atoms with E-state index in [0.29, 0.717) is 0 Å². The molecule has 45 heavy (non-hydrogen) atoms. The van der Waals surface area contributed by atoms with E-state index in [-0.39, 0.29) is 0 Å². The van der Waals surface area contributed by atoms with Crippen LogP contribution in [0.25, 0.3) is 64.4 Å². The van der Waals surface area contributed by atoms with E-state index in [4.69, 9.17) is 4.42 Å². The second-order valence-electron chi connectivity index (χ2n) is 11.3. The van der Waals surface area contributed by atoms with Crippen LogP contribution in [0.15, 0.2) is 168 Å². The van der Waals surface area contributed by atoms with Gasteiger partial charge >= 0.3 is 0 Å². The fraction of sp³-hybridized carbons (Fsp3) is 0. The summed E-state index contributed by atoms with van der Waals surface area (Å²) in [4.78, 5) is 2.40. The predicted octanol–water partition coefficient (Wildman–Crippen LogP) is 12.8. The first-order chi connectivity index (χ1) is 22.3. The predicted molar refractivity (Wildman–Crippen MR) is 192 cm³/mol. The lowest BCUT2D eigenvalue weighted by atomic mass is 9.91. The number of anilines is 3. The largest absolute Gasteiger partial charge is 0.455 e. The molecular formula is C42H27NOS. The van der Waals surface area contributed by atoms with Gasteiger partial charge in [0.05, 0.1) is 5.69 Å². The van der Waals surface area contributed by atoms with Crippen LogP contribution in [0.5, 0.6) is 0 Å². The smallest absolute Gasteiger partial charge is 0.143 e. The van der Waals surface area contributed by atoms with Crippen molar-refractivity contribution in [1.82, 2.24) is 0 Å². The molecule has 0 spiro atoms. The molecule has 0 aliphatic carbocycles. The normalized spacial score (nSPS) is 11.6. The number of hydrogen-bond acceptors (Lipinski definition) is 3. The SMILES string of the molecule is c1ccc(-c2cccc(N(c3ccccc3)c3ccc4c(c3)sc3ccccc34)c2-c2cccc3c2oc2ccccc23)cc1. The van der Waals surface area contributed by atoms with Crippen LogP contribution in [0.4, 0.5) is 17.1 Å². The molecule has 0 atom stereocenters. The van der Waals surface area contributed by atoms with Gasteiger partial charge in [-0.15, -0.1) is 11.3 Å². The third-order valence-corrected chi connectivity index (χ3v) is 9.81. The highest BCUT2D eigenvalue weighted by Crippen LogP contribution is 2.49. The number of benzene rings is 7. The summed E-state index contributed by atoms with van der Waals surface area (Å²) in [6.07, 6.45) is 0. The zero-order chi connectivity index (χ0) is 29.7. The van der Waals surface area contributed by atoms with Crippen LogP contribution in [0.3, 0.4) is 0 Å². The van der Waals surface area contributed by atoms with Gasteiger partial charge in [0.15, 0.2) is 0 Å². The molecule has 0 bridgehead atoms. The third-order valence-electron chi connectivity index (χ3n) is 8.68. The summed E-state index contributed by atoms with van der Waals surface area (Å²) < 4.78 is 9.23. The first kappa shape index (κ1) is 25.8. The van der Waals surface area contributed by atoms with E-state index < -0.39 is 0 Å². The Labute approximate surface area is 265 Å². The summed E-state index contributed by atoms with van der Waals surface area (Å²) in [6.45, 7) is 0. The Morgan fingerprint density at radius 3 is 1.98 bits per heavy atom. The number of hydrogen-bond donors (Lipinski definition) is 0. The van der Waals surface area contributed by atoms with E-state index in [0.717, 1.165) is 61.3 Å². The molecule has 0 radical (unpaired) electrons. The molecule has 0 N–H and O–H groups in total. The van der Waals surface area contributed by atoms with Crippen molar-refractivity contribution in [1.29, 1.82) is 0 Å². The van der Waals surface area contributed by atoms with Gasteiger partial charge in [-0.3, -0.25) is 0 Å². The van der Waals surface area contributed by atoms with Crippen LogP contribution in [-0.4, -0.2) is 0 Å². The second kappa shape index (κ2) is 10.5. The molecule has 0 aliphatic rings. The lowest BCUT2D eigenvalue weighted by molar-refractivity contribution is 0.670. The summed E-state index contributed by atoms with van der Waals surface area (Å²) in [5.74, 6) is 0. The Hall–Kier alpha value is -5.64. The van der Waals surface area contributed by atoms with E-state index in [1.165, 1.54) is 20.2 Å². The second-order valence-corrected chi connectivity index (χ2v) is 12.4. The zero-order valence-corrected chi connectivity index (χ0v) is 25.2. The number of para-hydroxylation sites is 3. The molecule has 0 amide bonds. The minimum atomic E-state index is 0.897. The first-order valence-corrected chi connectivity index (χ1v) is 16.0. The van der Waals surface area contributed by atoms with E-state index >= 15 is 0 Å². The minimum absolute atomic E-state index is 0.897. The quantitative estimate of drug-likeness (QED) is 0.197. The van der Waals surface area contributed by atoms with Gasteiger partial charge in [0.2, 0.25) is 0 Å². The molecule has 3 heteroatoms. The zero-order valence-electron chi connectivity index (χ0n) is 24.4. The van der Waals surface area contributed by atoms with E-state index in [2.05, 4.69) is 163 Å². The monoisotopic (exact) mass is 593 g/mol. The van der Waals surface area contributed by atoms with Crippen molar-refractivity contribution in [2.75, 3.05) is 4.90 Å². The molecule has 0 saturated carbocycles. The van der Waals surface area contributed by atoms with Crippen LogP contribution >= 0.6 is 11.3 Å². The van der Waals surface area contributed by atoms with Crippen LogP contribution in [0.1, 0.15) is 0 Å². The summed E-state index contributed by atoms with van der Waals surface area (Å²) in [7, 11) is 0. The number of nitrogens with zero attached hydrogens (tertiary/aromatic N) is 1. The van der Waals surface area contributed by atoms with Crippen LogP contribution in [0, 0.1) is 0 Å². The van der Waals surface area contributed by atoms with Crippen molar-refractivity contribution >= 4 is 70.5 Å². The fourth-order valence-corrected chi connectivity index (χ4v) is 7.81. The van der Waals surface area contributed by atoms with E-state index in [1.54, 1.807) is 0 Å². The maximum Gasteiger partial charge on any atom is 0.143 e. The average Bonchev–Trinajstić information content (AvgIpc) is 3.67. The van der Waals surface area contributed by atoms with Crippen LogP contribution < -0.4 is 4.90 Å². The summed E-state index contributed by atoms with van der Waals surface area (Å²) in [5.41, 5.74) is 9.63. The van der Waals surface area contributed by atoms with Crippen LogP contribution in [-0.2, 0) is 0 Å². The standard InChI is InChI=1S/C42H27NOS/c1-3-13-28(14-4-1)31-19-12-22-37(41(31)36-21-11-20-35-32-17-7-9-23-38(32)44-42(35)36)43(29-15-5-2-6-16-29)30-25-26-34-33-18-8-10-24-39(33)45-40(34)27-30/h1-27H. The van der Waals surface area contributed by atoms with Crippen molar-refractivity contribution in [3.63, 3.8) is 0 Å². The van der Waals surface area contributed by atoms with Gasteiger partial charge in [-0.25, -0.2) is 0 Å². The molecule has 2 heterocycles. The number of rotatable bonds is 5. The lowest BCUT2D eigenvalue weighted by Crippen LogP contribution is -2.11. The maximum absolute atomic E-state index is 6.65. The topological polar surface area (TPSA) is 16.4 Å². The fourth-order valence-electron chi connectivity index (χ4n) is 6.67. The van der Waals surface area contributed by atoms with E-state index in [9.17, 15) is 0 Å². The molecule has 7 aromatic carbocycles. The molecule has 2 nitrogen and oxygen atoms in total. The Morgan fingerprint density at radius 1 is 0.444 bits per heavy atom. The average molecular weight is 594 g/mol. The summed E-state index contributed by atoms with van der Waals surface area (Å²) in [6, 6.07) is 58.4. The van der Waals surface area contributed by atoms with E-state index in [1.807, 2.05) is 17.4 Å². The first-order valence-electron chi connectivity index (χ1n) is 15.2. The van der Waals surface area contributed by atoms with Crippen molar-refractivity contribution in [2.45, 2.75) is 0 Å². The molecular weight excluding hydrogens is 567 g/mol. The number of fused-ring (bicyclic) bond motifs is 6. The molecule has 2 aromatic heterocycles. The van der Waals surface area contributed by atoms with Gasteiger partial charge in [0, 0.05) is 53.4 Å². The molecule has 0 fully saturated rings. The van der Waals surface area contributed by atoms with Gasteiger partial charge < -0.3 is 9.32 Å². The lowest BCUT2D eigenvalue weighted by Gasteiger charge is -2.29. The molecule has 9 rings (SSSR count). The van der Waals surface area contributed by atoms with Gasteiger partial charge in [0.25, 0.3) is 0 Å². The highest BCUT2D eigenvalue weighted by Gasteiger charge is 2.24. The highest BCUT2D eigenvalue weighted by molar-refractivity contribution is 7.25. The minimum Gasteiger partial charge on any atom is -0.455 e. The molecule has 9 aromatic rings. The van der Waals surface area contributed by atoms with Gasteiger partial charge in [0.1, 0.15) is 11.2 Å². The maximum atomic E-state index is 6.65. The molecule has 0 aliphatic heterocycles. The Kier molecular flexibility index (Phi) is 6.03. The Balaban J connectivity index is 1.37. The molecule has 0 saturated heterocycles. The van der Waals surface area contributed by atoms with Crippen LogP contribution in [0.2, 0.25) is 0 Å². The Morgan fingerprint density at radius 2 is 1.11 bits per heavy atom. The number of thiophene rings is 1. The van der Waals surface area contributed by atoms with Crippen molar-refractivity contribution in [2.24, 2.45) is 0 Å². The Bertz CT molecular complexity index is 2490. The van der Waals surface area contributed by atoms with Crippen molar-refractivity contribution < 1.29 is 4.42 Å². The number of furan rings is 1. The third kappa shape index (κ3) is 4.24. The highest BCUT2D eigenvalue weighted by atomic mass is 32.1. The molecule has 212 valence electrons. The van der Waals surface area contributed by atoms with Gasteiger partial charge in [-0.2, -0.15) is 0 Å². The van der Waals surface area contributed by atoms with Gasteiger partial charge in [-0.05, 0) is 53.6 Å². The van der Waals surface area contributed by atoms with Gasteiger partial charge in [-0.1, -0.05) is 121 Å². The summed E-state index contributed by atoms with van der Waals surface area (Å²) >= 11 is 1.85.